The number of aliphatic carboxylic acids is 1. The molecule has 1 fully saturated rings. The summed E-state index contributed by atoms with van der Waals surface area (Å²) in [6.45, 7) is 3.98. The molecule has 0 bridgehead atoms. The molecule has 0 spiro atoms. The van der Waals surface area contributed by atoms with Gasteiger partial charge in [-0.2, -0.15) is 0 Å². The molecule has 3 nitrogen and oxygen atoms in total. The van der Waals surface area contributed by atoms with Gasteiger partial charge in [0, 0.05) is 19.1 Å². The Morgan fingerprint density at radius 2 is 1.95 bits per heavy atom. The van der Waals surface area contributed by atoms with Crippen molar-refractivity contribution in [2.75, 3.05) is 13.1 Å². The Balaban J connectivity index is 1.77. The average Bonchev–Trinajstić information content (AvgIpc) is 2.41. The molecule has 0 aliphatic carbocycles. The summed E-state index contributed by atoms with van der Waals surface area (Å²) in [5.41, 5.74) is 1.33. The quantitative estimate of drug-likeness (QED) is 0.925. The van der Waals surface area contributed by atoms with Crippen LogP contribution in [0.2, 0.25) is 0 Å². The van der Waals surface area contributed by atoms with Gasteiger partial charge >= 0.3 is 5.97 Å². The van der Waals surface area contributed by atoms with Crippen LogP contribution in [0.15, 0.2) is 42.5 Å². The zero-order valence-electron chi connectivity index (χ0n) is 11.6. The van der Waals surface area contributed by atoms with Crippen molar-refractivity contribution in [3.63, 3.8) is 0 Å². The highest BCUT2D eigenvalue weighted by atomic mass is 16.4. The van der Waals surface area contributed by atoms with E-state index in [1.807, 2.05) is 0 Å². The van der Waals surface area contributed by atoms with E-state index in [1.165, 1.54) is 16.3 Å². The minimum Gasteiger partial charge on any atom is -0.481 e. The average molecular weight is 269 g/mol. The van der Waals surface area contributed by atoms with Crippen LogP contribution in [0.4, 0.5) is 0 Å². The van der Waals surface area contributed by atoms with E-state index in [-0.39, 0.29) is 0 Å². The van der Waals surface area contributed by atoms with E-state index >= 15 is 0 Å². The molecule has 1 aliphatic rings. The molecule has 20 heavy (non-hydrogen) atoms. The second-order valence-corrected chi connectivity index (χ2v) is 5.66. The molecule has 3 heteroatoms. The molecule has 1 N–H and O–H groups in total. The fraction of sp³-hybridized carbons (Fsp3) is 0.353. The van der Waals surface area contributed by atoms with Crippen molar-refractivity contribution in [1.82, 2.24) is 4.90 Å². The first kappa shape index (κ1) is 13.1. The number of fused-ring (bicyclic) bond motifs is 1. The van der Waals surface area contributed by atoms with E-state index in [1.54, 1.807) is 0 Å². The van der Waals surface area contributed by atoms with Gasteiger partial charge in [-0.1, -0.05) is 42.5 Å². The lowest BCUT2D eigenvalue weighted by molar-refractivity contribution is -0.139. The third-order valence-electron chi connectivity index (χ3n) is 4.27. The third kappa shape index (κ3) is 2.41. The van der Waals surface area contributed by atoms with Gasteiger partial charge in [0.05, 0.1) is 6.42 Å². The summed E-state index contributed by atoms with van der Waals surface area (Å²) in [7, 11) is 0. The Bertz CT molecular complexity index is 626. The molecular weight excluding hydrogens is 250 g/mol. The maximum atomic E-state index is 10.7. The number of carbonyl (C=O) groups is 1. The van der Waals surface area contributed by atoms with Crippen LogP contribution >= 0.6 is 0 Å². The lowest BCUT2D eigenvalue weighted by Crippen LogP contribution is -2.48. The predicted octanol–water partition coefficient (Wildman–Crippen LogP) is 3.31. The van der Waals surface area contributed by atoms with Gasteiger partial charge in [-0.25, -0.2) is 0 Å². The largest absolute Gasteiger partial charge is 0.481 e. The number of carboxylic acid groups (broad SMARTS) is 1. The fourth-order valence-corrected chi connectivity index (χ4v) is 3.11. The van der Waals surface area contributed by atoms with Crippen LogP contribution in [0.5, 0.6) is 0 Å². The molecule has 2 aromatic carbocycles. The van der Waals surface area contributed by atoms with Gasteiger partial charge in [-0.15, -0.1) is 0 Å². The van der Waals surface area contributed by atoms with Gasteiger partial charge in [0.1, 0.15) is 0 Å². The van der Waals surface area contributed by atoms with E-state index in [2.05, 4.69) is 54.3 Å². The highest BCUT2D eigenvalue weighted by molar-refractivity contribution is 5.86. The summed E-state index contributed by atoms with van der Waals surface area (Å²) in [5, 5.41) is 11.4. The molecule has 0 saturated carbocycles. The maximum Gasteiger partial charge on any atom is 0.303 e. The van der Waals surface area contributed by atoms with Crippen LogP contribution in [-0.4, -0.2) is 29.1 Å². The number of hydrogen-bond donors (Lipinski definition) is 1. The Labute approximate surface area is 118 Å². The minimum atomic E-state index is -0.688. The molecule has 1 saturated heterocycles. The van der Waals surface area contributed by atoms with E-state index in [0.717, 1.165) is 13.1 Å². The van der Waals surface area contributed by atoms with Gasteiger partial charge in [0.15, 0.2) is 0 Å². The summed E-state index contributed by atoms with van der Waals surface area (Å²) in [4.78, 5) is 13.1. The van der Waals surface area contributed by atoms with Crippen molar-refractivity contribution in [1.29, 1.82) is 0 Å². The monoisotopic (exact) mass is 269 g/mol. The molecule has 1 heterocycles. The predicted molar refractivity (Wildman–Crippen MR) is 79.7 cm³/mol. The van der Waals surface area contributed by atoms with Crippen LogP contribution in [0.1, 0.15) is 24.9 Å². The molecule has 104 valence electrons. The van der Waals surface area contributed by atoms with E-state index in [4.69, 9.17) is 5.11 Å². The third-order valence-corrected chi connectivity index (χ3v) is 4.27. The molecule has 0 radical (unpaired) electrons. The smallest absolute Gasteiger partial charge is 0.303 e. The van der Waals surface area contributed by atoms with E-state index in [9.17, 15) is 4.79 Å². The number of benzene rings is 2. The maximum absolute atomic E-state index is 10.7. The summed E-state index contributed by atoms with van der Waals surface area (Å²) >= 11 is 0. The van der Waals surface area contributed by atoms with Crippen molar-refractivity contribution in [2.24, 2.45) is 5.92 Å². The summed E-state index contributed by atoms with van der Waals surface area (Å²) in [6, 6.07) is 15.2. The highest BCUT2D eigenvalue weighted by Crippen LogP contribution is 2.33. The van der Waals surface area contributed by atoms with Gasteiger partial charge in [-0.3, -0.25) is 9.69 Å². The Kier molecular flexibility index (Phi) is 3.45. The zero-order valence-corrected chi connectivity index (χ0v) is 11.6. The topological polar surface area (TPSA) is 40.5 Å². The number of likely N-dealkylation sites (tertiary alicyclic amines) is 1. The van der Waals surface area contributed by atoms with Crippen LogP contribution in [0.3, 0.4) is 0 Å². The molecule has 1 unspecified atom stereocenters. The first-order valence-electron chi connectivity index (χ1n) is 7.08. The Hall–Kier alpha value is -1.87. The van der Waals surface area contributed by atoms with Gasteiger partial charge < -0.3 is 5.11 Å². The van der Waals surface area contributed by atoms with Crippen LogP contribution in [0, 0.1) is 5.92 Å². The molecule has 3 rings (SSSR count). The van der Waals surface area contributed by atoms with Crippen LogP contribution < -0.4 is 0 Å². The first-order valence-corrected chi connectivity index (χ1v) is 7.08. The molecule has 0 amide bonds. The van der Waals surface area contributed by atoms with Crippen molar-refractivity contribution >= 4 is 16.7 Å². The highest BCUT2D eigenvalue weighted by Gasteiger charge is 2.32. The first-order chi connectivity index (χ1) is 9.65. The Morgan fingerprint density at radius 3 is 2.70 bits per heavy atom. The lowest BCUT2D eigenvalue weighted by Gasteiger charge is -2.43. The van der Waals surface area contributed by atoms with Gasteiger partial charge in [0.2, 0.25) is 0 Å². The molecule has 0 aromatic heterocycles. The number of nitrogens with zero attached hydrogens (tertiary/aromatic N) is 1. The van der Waals surface area contributed by atoms with Crippen LogP contribution in [0.25, 0.3) is 10.8 Å². The summed E-state index contributed by atoms with van der Waals surface area (Å²) < 4.78 is 0. The minimum absolute atomic E-state index is 0.290. The van der Waals surface area contributed by atoms with E-state index < -0.39 is 5.97 Å². The van der Waals surface area contributed by atoms with Gasteiger partial charge in [0.25, 0.3) is 0 Å². The summed E-state index contributed by atoms with van der Waals surface area (Å²) in [5.74, 6) is -0.377. The van der Waals surface area contributed by atoms with Crippen molar-refractivity contribution in [3.8, 4) is 0 Å². The standard InChI is InChI=1S/C17H19NO2/c1-12(18-10-13(11-18)9-17(19)20)15-8-4-6-14-5-2-3-7-16(14)15/h2-8,12-13H,9-11H2,1H3,(H,19,20). The second kappa shape index (κ2) is 5.25. The molecular formula is C17H19NO2. The van der Waals surface area contributed by atoms with Crippen molar-refractivity contribution in [2.45, 2.75) is 19.4 Å². The second-order valence-electron chi connectivity index (χ2n) is 5.66. The van der Waals surface area contributed by atoms with Gasteiger partial charge in [-0.05, 0) is 29.2 Å². The normalized spacial score (nSPS) is 17.9. The molecule has 1 aliphatic heterocycles. The number of hydrogen-bond acceptors (Lipinski definition) is 2. The number of rotatable bonds is 4. The number of carboxylic acids is 1. The van der Waals surface area contributed by atoms with E-state index in [0.29, 0.717) is 18.4 Å². The molecule has 1 atom stereocenters. The SMILES string of the molecule is CC(c1cccc2ccccc12)N1CC(CC(=O)O)C1. The fourth-order valence-electron chi connectivity index (χ4n) is 3.11. The summed E-state index contributed by atoms with van der Waals surface area (Å²) in [6.07, 6.45) is 0.290. The van der Waals surface area contributed by atoms with Crippen LogP contribution in [-0.2, 0) is 4.79 Å². The molecule has 2 aromatic rings. The van der Waals surface area contributed by atoms with Crippen molar-refractivity contribution in [3.05, 3.63) is 48.0 Å². The lowest BCUT2D eigenvalue weighted by atomic mass is 9.91. The zero-order chi connectivity index (χ0) is 14.1. The van der Waals surface area contributed by atoms with Crippen molar-refractivity contribution < 1.29 is 9.90 Å². The Morgan fingerprint density at radius 1 is 1.25 bits per heavy atom.